The van der Waals surface area contributed by atoms with Gasteiger partial charge in [-0.2, -0.15) is 0 Å². The number of rotatable bonds is 26. The molecule has 1 amide bonds. The Kier molecular flexibility index (Phi) is 23.9. The van der Waals surface area contributed by atoms with Crippen LogP contribution in [0.4, 0.5) is 0 Å². The van der Waals surface area contributed by atoms with Gasteiger partial charge in [0, 0.05) is 6.42 Å². The molecule has 0 bridgehead atoms. The molecule has 0 aliphatic carbocycles. The first kappa shape index (κ1) is 39.7. The van der Waals surface area contributed by atoms with Gasteiger partial charge < -0.3 is 40.3 Å². The van der Waals surface area contributed by atoms with Gasteiger partial charge in [0.1, 0.15) is 24.4 Å². The van der Waals surface area contributed by atoms with Crippen LogP contribution in [0.5, 0.6) is 0 Å². The van der Waals surface area contributed by atoms with E-state index >= 15 is 0 Å². The molecular weight excluding hydrogens is 550 g/mol. The molecule has 0 aromatic heterocycles. The number of unbranched alkanes of at least 4 members (excludes halogenated alkanes) is 12. The van der Waals surface area contributed by atoms with Crippen molar-refractivity contribution in [3.05, 3.63) is 24.3 Å². The number of amides is 1. The highest BCUT2D eigenvalue weighted by atomic mass is 16.7. The summed E-state index contributed by atoms with van der Waals surface area (Å²) >= 11 is 0. The number of nitrogens with one attached hydrogen (secondary N) is 1. The molecule has 9 nitrogen and oxygen atoms in total. The van der Waals surface area contributed by atoms with Crippen molar-refractivity contribution in [2.45, 2.75) is 172 Å². The van der Waals surface area contributed by atoms with E-state index < -0.39 is 49.5 Å². The number of carbonyl (C=O) groups is 1. The number of aliphatic hydroxyl groups is 5. The quantitative estimate of drug-likeness (QED) is 0.0601. The number of hydrogen-bond donors (Lipinski definition) is 6. The van der Waals surface area contributed by atoms with Gasteiger partial charge in [0.2, 0.25) is 5.91 Å². The van der Waals surface area contributed by atoms with E-state index in [-0.39, 0.29) is 12.5 Å². The highest BCUT2D eigenvalue weighted by Gasteiger charge is 2.44. The molecule has 1 rings (SSSR count). The van der Waals surface area contributed by atoms with E-state index in [1.54, 1.807) is 0 Å². The Morgan fingerprint density at radius 1 is 0.791 bits per heavy atom. The molecule has 252 valence electrons. The molecule has 1 heterocycles. The van der Waals surface area contributed by atoms with Crippen LogP contribution in [0.2, 0.25) is 0 Å². The maximum absolute atomic E-state index is 12.8. The summed E-state index contributed by atoms with van der Waals surface area (Å²) in [6, 6.07) is -0.719. The van der Waals surface area contributed by atoms with Crippen LogP contribution >= 0.6 is 0 Å². The third-order valence-corrected chi connectivity index (χ3v) is 8.04. The molecule has 0 spiro atoms. The Balaban J connectivity index is 2.46. The fourth-order valence-electron chi connectivity index (χ4n) is 5.19. The lowest BCUT2D eigenvalue weighted by Crippen LogP contribution is -2.60. The summed E-state index contributed by atoms with van der Waals surface area (Å²) in [5.41, 5.74) is 0. The lowest BCUT2D eigenvalue weighted by atomic mass is 9.99. The van der Waals surface area contributed by atoms with E-state index in [0.29, 0.717) is 12.8 Å². The summed E-state index contributed by atoms with van der Waals surface area (Å²) in [4.78, 5) is 12.8. The number of hydrogen-bond acceptors (Lipinski definition) is 8. The van der Waals surface area contributed by atoms with Crippen LogP contribution in [0.15, 0.2) is 24.3 Å². The van der Waals surface area contributed by atoms with E-state index in [1.165, 1.54) is 32.1 Å². The molecule has 1 aliphatic heterocycles. The fraction of sp³-hybridized carbons (Fsp3) is 0.853. The minimum absolute atomic E-state index is 0.145. The number of aliphatic hydroxyl groups excluding tert-OH is 5. The van der Waals surface area contributed by atoms with Crippen molar-refractivity contribution in [1.29, 1.82) is 0 Å². The second-order valence-corrected chi connectivity index (χ2v) is 12.0. The molecule has 1 aliphatic rings. The smallest absolute Gasteiger partial charge is 0.220 e. The number of ether oxygens (including phenoxy) is 2. The van der Waals surface area contributed by atoms with Crippen molar-refractivity contribution in [3.8, 4) is 0 Å². The second-order valence-electron chi connectivity index (χ2n) is 12.0. The van der Waals surface area contributed by atoms with Gasteiger partial charge in [0.15, 0.2) is 6.29 Å². The lowest BCUT2D eigenvalue weighted by molar-refractivity contribution is -0.302. The van der Waals surface area contributed by atoms with Crippen LogP contribution in [-0.4, -0.2) is 87.5 Å². The summed E-state index contributed by atoms with van der Waals surface area (Å²) in [7, 11) is 0. The number of allylic oxidation sites excluding steroid dienone is 4. The Morgan fingerprint density at radius 2 is 1.42 bits per heavy atom. The number of carbonyl (C=O) groups excluding carboxylic acids is 1. The molecule has 0 saturated carbocycles. The molecule has 7 unspecified atom stereocenters. The predicted molar refractivity (Wildman–Crippen MR) is 170 cm³/mol. The summed E-state index contributed by atoms with van der Waals surface area (Å²) in [6.45, 7) is 3.66. The third kappa shape index (κ3) is 18.3. The molecule has 1 fully saturated rings. The highest BCUT2D eigenvalue weighted by Crippen LogP contribution is 2.22. The maximum atomic E-state index is 12.8. The Morgan fingerprint density at radius 3 is 2.09 bits per heavy atom. The van der Waals surface area contributed by atoms with Gasteiger partial charge in [0.05, 0.1) is 25.4 Å². The van der Waals surface area contributed by atoms with Crippen molar-refractivity contribution >= 4 is 5.91 Å². The average molecular weight is 614 g/mol. The zero-order chi connectivity index (χ0) is 31.7. The van der Waals surface area contributed by atoms with Crippen LogP contribution in [0.25, 0.3) is 0 Å². The summed E-state index contributed by atoms with van der Waals surface area (Å²) in [5, 5.41) is 53.7. The molecule has 6 N–H and O–H groups in total. The van der Waals surface area contributed by atoms with Crippen LogP contribution in [0.3, 0.4) is 0 Å². The SMILES string of the molecule is CCC/C=C\C/C=C\CCCCCCCC(=O)NC(COC1OC(CO)C(O)C(O)C1O)C(O)CCCCCCCCC. The molecule has 9 heteroatoms. The standard InChI is InChI=1S/C34H63NO8/c1-3-5-7-9-11-12-13-14-15-16-18-20-22-24-30(38)35-27(28(37)23-21-19-17-10-8-6-4-2)26-42-34-33(41)32(40)31(39)29(25-36)43-34/h7,9,12-13,27-29,31-34,36-37,39-41H,3-6,8,10-11,14-26H2,1-2H3,(H,35,38)/b9-7-,13-12-. The topological polar surface area (TPSA) is 149 Å². The third-order valence-electron chi connectivity index (χ3n) is 8.04. The normalized spacial score (nSPS) is 24.1. The molecular formula is C34H63NO8. The van der Waals surface area contributed by atoms with E-state index in [2.05, 4.69) is 43.5 Å². The van der Waals surface area contributed by atoms with Gasteiger partial charge in [-0.1, -0.05) is 109 Å². The van der Waals surface area contributed by atoms with E-state index in [9.17, 15) is 30.3 Å². The molecule has 1 saturated heterocycles. The summed E-state index contributed by atoms with van der Waals surface area (Å²) in [6.07, 6.45) is 19.2. The van der Waals surface area contributed by atoms with Crippen molar-refractivity contribution in [3.63, 3.8) is 0 Å². The van der Waals surface area contributed by atoms with Crippen LogP contribution < -0.4 is 5.32 Å². The van der Waals surface area contributed by atoms with Gasteiger partial charge in [0.25, 0.3) is 0 Å². The van der Waals surface area contributed by atoms with Gasteiger partial charge >= 0.3 is 0 Å². The van der Waals surface area contributed by atoms with Crippen LogP contribution in [-0.2, 0) is 14.3 Å². The van der Waals surface area contributed by atoms with E-state index in [0.717, 1.165) is 70.6 Å². The minimum Gasteiger partial charge on any atom is -0.394 e. The van der Waals surface area contributed by atoms with Gasteiger partial charge in [-0.3, -0.25) is 4.79 Å². The summed E-state index contributed by atoms with van der Waals surface area (Å²) < 4.78 is 11.1. The maximum Gasteiger partial charge on any atom is 0.220 e. The minimum atomic E-state index is -1.55. The van der Waals surface area contributed by atoms with E-state index in [4.69, 9.17) is 9.47 Å². The largest absolute Gasteiger partial charge is 0.394 e. The molecule has 0 aromatic rings. The Labute approximate surface area is 260 Å². The fourth-order valence-corrected chi connectivity index (χ4v) is 5.19. The molecule has 0 radical (unpaired) electrons. The monoisotopic (exact) mass is 613 g/mol. The zero-order valence-corrected chi connectivity index (χ0v) is 27.0. The zero-order valence-electron chi connectivity index (χ0n) is 27.0. The average Bonchev–Trinajstić information content (AvgIpc) is 3.00. The first-order valence-corrected chi connectivity index (χ1v) is 17.0. The Hall–Kier alpha value is -1.33. The van der Waals surface area contributed by atoms with Gasteiger partial charge in [-0.15, -0.1) is 0 Å². The molecule has 7 atom stereocenters. The van der Waals surface area contributed by atoms with Crippen LogP contribution in [0.1, 0.15) is 129 Å². The molecule has 43 heavy (non-hydrogen) atoms. The summed E-state index contributed by atoms with van der Waals surface area (Å²) in [5.74, 6) is -0.167. The van der Waals surface area contributed by atoms with Crippen molar-refractivity contribution in [2.75, 3.05) is 13.2 Å². The lowest BCUT2D eigenvalue weighted by Gasteiger charge is -2.40. The van der Waals surface area contributed by atoms with Crippen molar-refractivity contribution in [2.24, 2.45) is 0 Å². The first-order valence-electron chi connectivity index (χ1n) is 17.0. The molecule has 0 aromatic carbocycles. The van der Waals surface area contributed by atoms with Crippen molar-refractivity contribution < 1.29 is 39.8 Å². The second kappa shape index (κ2) is 25.9. The Bertz CT molecular complexity index is 731. The van der Waals surface area contributed by atoms with Gasteiger partial charge in [-0.05, 0) is 38.5 Å². The van der Waals surface area contributed by atoms with E-state index in [1.807, 2.05) is 0 Å². The van der Waals surface area contributed by atoms with Crippen LogP contribution in [0, 0.1) is 0 Å². The van der Waals surface area contributed by atoms with Gasteiger partial charge in [-0.25, -0.2) is 0 Å². The predicted octanol–water partition coefficient (Wildman–Crippen LogP) is 4.82. The van der Waals surface area contributed by atoms with Crippen molar-refractivity contribution in [1.82, 2.24) is 5.32 Å². The highest BCUT2D eigenvalue weighted by molar-refractivity contribution is 5.76. The first-order chi connectivity index (χ1) is 20.8.